The van der Waals surface area contributed by atoms with E-state index < -0.39 is 0 Å². The van der Waals surface area contributed by atoms with Crippen molar-refractivity contribution < 1.29 is 4.79 Å². The third-order valence-electron chi connectivity index (χ3n) is 3.75. The van der Waals surface area contributed by atoms with E-state index in [2.05, 4.69) is 15.2 Å². The van der Waals surface area contributed by atoms with Crippen LogP contribution in [-0.4, -0.2) is 33.0 Å². The fourth-order valence-corrected chi connectivity index (χ4v) is 2.62. The summed E-state index contributed by atoms with van der Waals surface area (Å²) >= 11 is 0. The van der Waals surface area contributed by atoms with E-state index in [4.69, 9.17) is 5.26 Å². The van der Waals surface area contributed by atoms with Crippen molar-refractivity contribution >= 4 is 5.91 Å². The fourth-order valence-electron chi connectivity index (χ4n) is 2.62. The summed E-state index contributed by atoms with van der Waals surface area (Å²) in [6, 6.07) is 5.11. The van der Waals surface area contributed by atoms with E-state index in [0.29, 0.717) is 17.8 Å². The summed E-state index contributed by atoms with van der Waals surface area (Å²) in [5, 5.41) is 16.1. The minimum absolute atomic E-state index is 0.123. The van der Waals surface area contributed by atoms with Crippen LogP contribution in [0.15, 0.2) is 18.3 Å². The van der Waals surface area contributed by atoms with Gasteiger partial charge in [0.05, 0.1) is 17.8 Å². The van der Waals surface area contributed by atoms with Crippen LogP contribution in [0.3, 0.4) is 0 Å². The molecule has 1 aliphatic carbocycles. The first kappa shape index (κ1) is 13.3. The topological polar surface area (TPSA) is 85.7 Å². The van der Waals surface area contributed by atoms with Crippen LogP contribution in [0.2, 0.25) is 0 Å². The maximum Gasteiger partial charge on any atom is 0.255 e. The highest BCUT2D eigenvalue weighted by Gasteiger charge is 2.21. The van der Waals surface area contributed by atoms with E-state index in [-0.39, 0.29) is 5.91 Å². The number of nitriles is 1. The Bertz CT molecular complexity index is 711. The van der Waals surface area contributed by atoms with E-state index in [1.807, 2.05) is 6.07 Å². The smallest absolute Gasteiger partial charge is 0.255 e. The first-order valence-corrected chi connectivity index (χ1v) is 6.85. The number of amides is 1. The molecule has 0 fully saturated rings. The number of carbonyl (C=O) groups is 1. The average molecular weight is 281 g/mol. The number of carbonyl (C=O) groups excluding carboxylic acids is 1. The molecule has 1 aliphatic rings. The van der Waals surface area contributed by atoms with Crippen molar-refractivity contribution in [1.29, 1.82) is 5.26 Å². The molecule has 0 unspecified atom stereocenters. The maximum atomic E-state index is 12.3. The normalized spacial score (nSPS) is 12.8. The lowest BCUT2D eigenvalue weighted by molar-refractivity contribution is 0.0782. The van der Waals surface area contributed by atoms with Crippen LogP contribution in [0, 0.1) is 11.3 Å². The number of H-pyrrole nitrogens is 1. The molecule has 6 heteroatoms. The minimum atomic E-state index is -0.123. The van der Waals surface area contributed by atoms with Gasteiger partial charge in [-0.15, -0.1) is 0 Å². The quantitative estimate of drug-likeness (QED) is 0.922. The number of rotatable bonds is 3. The van der Waals surface area contributed by atoms with E-state index in [0.717, 1.165) is 25.0 Å². The van der Waals surface area contributed by atoms with E-state index in [1.165, 1.54) is 17.5 Å². The molecule has 0 aromatic carbocycles. The van der Waals surface area contributed by atoms with Crippen LogP contribution in [0.4, 0.5) is 0 Å². The Hall–Kier alpha value is -2.68. The highest BCUT2D eigenvalue weighted by atomic mass is 16.2. The standard InChI is InChI=1S/C15H15N5O/c1-20(9-14-12-3-2-4-13(12)18-19-14)15(21)10-5-6-11(7-16)17-8-10/h5-6,8H,2-4,9H2,1H3,(H,18,19). The summed E-state index contributed by atoms with van der Waals surface area (Å²) in [5.41, 5.74) is 4.18. The van der Waals surface area contributed by atoms with Gasteiger partial charge in [-0.05, 0) is 37.0 Å². The number of hydrogen-bond donors (Lipinski definition) is 1. The minimum Gasteiger partial charge on any atom is -0.336 e. The number of nitrogens with one attached hydrogen (secondary N) is 1. The van der Waals surface area contributed by atoms with Crippen molar-refractivity contribution in [3.63, 3.8) is 0 Å². The molecule has 21 heavy (non-hydrogen) atoms. The Morgan fingerprint density at radius 2 is 2.33 bits per heavy atom. The lowest BCUT2D eigenvalue weighted by atomic mass is 10.2. The Balaban J connectivity index is 1.73. The second-order valence-corrected chi connectivity index (χ2v) is 5.19. The first-order chi connectivity index (χ1) is 10.2. The largest absolute Gasteiger partial charge is 0.336 e. The molecule has 0 spiro atoms. The number of aryl methyl sites for hydroxylation is 1. The summed E-state index contributed by atoms with van der Waals surface area (Å²) in [7, 11) is 1.75. The van der Waals surface area contributed by atoms with Crippen LogP contribution in [-0.2, 0) is 19.4 Å². The third-order valence-corrected chi connectivity index (χ3v) is 3.75. The van der Waals surface area contributed by atoms with Crippen molar-refractivity contribution in [1.82, 2.24) is 20.1 Å². The van der Waals surface area contributed by atoms with Gasteiger partial charge in [0.1, 0.15) is 11.8 Å². The molecule has 1 N–H and O–H groups in total. The van der Waals surface area contributed by atoms with E-state index >= 15 is 0 Å². The molecular weight excluding hydrogens is 266 g/mol. The van der Waals surface area contributed by atoms with E-state index in [9.17, 15) is 4.79 Å². The molecule has 0 atom stereocenters. The highest BCUT2D eigenvalue weighted by Crippen LogP contribution is 2.23. The number of pyridine rings is 1. The summed E-state index contributed by atoms with van der Waals surface area (Å²) in [5.74, 6) is -0.123. The summed E-state index contributed by atoms with van der Waals surface area (Å²) in [6.45, 7) is 0.477. The van der Waals surface area contributed by atoms with Gasteiger partial charge in [-0.25, -0.2) is 4.98 Å². The zero-order valence-corrected chi connectivity index (χ0v) is 11.8. The fraction of sp³-hybridized carbons (Fsp3) is 0.333. The van der Waals surface area contributed by atoms with Gasteiger partial charge >= 0.3 is 0 Å². The first-order valence-electron chi connectivity index (χ1n) is 6.85. The van der Waals surface area contributed by atoms with Gasteiger partial charge < -0.3 is 4.90 Å². The Kier molecular flexibility index (Phi) is 3.40. The van der Waals surface area contributed by atoms with Crippen molar-refractivity contribution in [3.05, 3.63) is 46.5 Å². The number of fused-ring (bicyclic) bond motifs is 1. The SMILES string of the molecule is CN(Cc1n[nH]c2c1CCC2)C(=O)c1ccc(C#N)nc1. The van der Waals surface area contributed by atoms with Gasteiger partial charge in [-0.2, -0.15) is 10.4 Å². The second-order valence-electron chi connectivity index (χ2n) is 5.19. The monoisotopic (exact) mass is 281 g/mol. The Morgan fingerprint density at radius 3 is 3.05 bits per heavy atom. The van der Waals surface area contributed by atoms with Crippen LogP contribution in [0.25, 0.3) is 0 Å². The number of nitrogens with zero attached hydrogens (tertiary/aromatic N) is 4. The van der Waals surface area contributed by atoms with Crippen LogP contribution < -0.4 is 0 Å². The molecule has 0 saturated carbocycles. The van der Waals surface area contributed by atoms with Crippen LogP contribution in [0.5, 0.6) is 0 Å². The van der Waals surface area contributed by atoms with Gasteiger partial charge in [-0.3, -0.25) is 9.89 Å². The number of aromatic nitrogens is 3. The molecular formula is C15H15N5O. The van der Waals surface area contributed by atoms with Gasteiger partial charge in [0.25, 0.3) is 5.91 Å². The Labute approximate surface area is 122 Å². The molecule has 1 amide bonds. The Morgan fingerprint density at radius 1 is 1.48 bits per heavy atom. The zero-order chi connectivity index (χ0) is 14.8. The lowest BCUT2D eigenvalue weighted by Crippen LogP contribution is -2.27. The van der Waals surface area contributed by atoms with Crippen LogP contribution in [0.1, 0.15) is 39.4 Å². The van der Waals surface area contributed by atoms with Gasteiger partial charge in [0.15, 0.2) is 0 Å². The van der Waals surface area contributed by atoms with Crippen molar-refractivity contribution in [2.45, 2.75) is 25.8 Å². The molecule has 6 nitrogen and oxygen atoms in total. The molecule has 0 bridgehead atoms. The molecule has 0 aliphatic heterocycles. The summed E-state index contributed by atoms with van der Waals surface area (Å²) in [4.78, 5) is 17.9. The van der Waals surface area contributed by atoms with Crippen molar-refractivity contribution in [3.8, 4) is 6.07 Å². The van der Waals surface area contributed by atoms with Crippen molar-refractivity contribution in [2.75, 3.05) is 7.05 Å². The molecule has 2 aromatic heterocycles. The summed E-state index contributed by atoms with van der Waals surface area (Å²) in [6.07, 6.45) is 4.65. The van der Waals surface area contributed by atoms with Crippen LogP contribution >= 0.6 is 0 Å². The number of aromatic amines is 1. The van der Waals surface area contributed by atoms with Gasteiger partial charge in [0, 0.05) is 18.9 Å². The summed E-state index contributed by atoms with van der Waals surface area (Å²) < 4.78 is 0. The third kappa shape index (κ3) is 2.50. The highest BCUT2D eigenvalue weighted by molar-refractivity contribution is 5.93. The molecule has 0 saturated heterocycles. The molecule has 2 heterocycles. The maximum absolute atomic E-state index is 12.3. The predicted molar refractivity (Wildman–Crippen MR) is 75.4 cm³/mol. The zero-order valence-electron chi connectivity index (χ0n) is 11.8. The molecule has 0 radical (unpaired) electrons. The lowest BCUT2D eigenvalue weighted by Gasteiger charge is -2.16. The van der Waals surface area contributed by atoms with Crippen molar-refractivity contribution in [2.24, 2.45) is 0 Å². The molecule has 2 aromatic rings. The predicted octanol–water partition coefficient (Wildman–Crippen LogP) is 1.44. The number of hydrogen-bond acceptors (Lipinski definition) is 4. The second kappa shape index (κ2) is 5.37. The average Bonchev–Trinajstić information content (AvgIpc) is 3.11. The van der Waals surface area contributed by atoms with Gasteiger partial charge in [-0.1, -0.05) is 0 Å². The van der Waals surface area contributed by atoms with Gasteiger partial charge in [0.2, 0.25) is 0 Å². The van der Waals surface area contributed by atoms with E-state index in [1.54, 1.807) is 24.1 Å². The molecule has 3 rings (SSSR count). The molecule has 106 valence electrons.